The molecule has 0 saturated heterocycles. The maximum atomic E-state index is 12.6. The number of nitrogens with one attached hydrogen (secondary N) is 1. The van der Waals surface area contributed by atoms with Crippen molar-refractivity contribution in [1.29, 1.82) is 0 Å². The third kappa shape index (κ3) is 3.82. The van der Waals surface area contributed by atoms with E-state index in [1.807, 2.05) is 0 Å². The fourth-order valence-electron chi connectivity index (χ4n) is 3.26. The summed E-state index contributed by atoms with van der Waals surface area (Å²) in [6, 6.07) is 5.68. The summed E-state index contributed by atoms with van der Waals surface area (Å²) in [6.45, 7) is 2.16. The number of anilines is 1. The Morgan fingerprint density at radius 2 is 1.86 bits per heavy atom. The Morgan fingerprint density at radius 1 is 1.21 bits per heavy atom. The molecule has 7 nitrogen and oxygen atoms in total. The number of nitrogens with zero attached hydrogens (tertiary/aromatic N) is 1. The normalized spacial score (nSPS) is 16.6. The van der Waals surface area contributed by atoms with Gasteiger partial charge in [-0.05, 0) is 55.0 Å². The van der Waals surface area contributed by atoms with Crippen molar-refractivity contribution in [2.75, 3.05) is 19.4 Å². The van der Waals surface area contributed by atoms with Crippen LogP contribution >= 0.6 is 11.3 Å². The number of primary amides is 1. The van der Waals surface area contributed by atoms with Gasteiger partial charge in [-0.15, -0.1) is 11.3 Å². The van der Waals surface area contributed by atoms with E-state index in [-0.39, 0.29) is 4.90 Å². The number of carbonyl (C=O) groups is 2. The van der Waals surface area contributed by atoms with Crippen molar-refractivity contribution in [3.63, 3.8) is 0 Å². The summed E-state index contributed by atoms with van der Waals surface area (Å²) in [5.74, 6) is -0.431. The maximum Gasteiger partial charge on any atom is 0.256 e. The van der Waals surface area contributed by atoms with Gasteiger partial charge in [0.05, 0.1) is 10.5 Å². The molecule has 28 heavy (non-hydrogen) atoms. The molecule has 1 aliphatic rings. The van der Waals surface area contributed by atoms with E-state index < -0.39 is 21.8 Å². The minimum Gasteiger partial charge on any atom is -0.365 e. The molecule has 3 N–H and O–H groups in total. The van der Waals surface area contributed by atoms with Gasteiger partial charge in [-0.1, -0.05) is 6.92 Å². The Kier molecular flexibility index (Phi) is 5.60. The van der Waals surface area contributed by atoms with Gasteiger partial charge < -0.3 is 11.1 Å². The number of nitrogens with two attached hydrogens (primary N) is 1. The fourth-order valence-corrected chi connectivity index (χ4v) is 5.58. The molecule has 0 spiro atoms. The zero-order valence-corrected chi connectivity index (χ0v) is 17.6. The van der Waals surface area contributed by atoms with Gasteiger partial charge in [0.1, 0.15) is 5.00 Å². The third-order valence-electron chi connectivity index (χ3n) is 4.88. The largest absolute Gasteiger partial charge is 0.365 e. The van der Waals surface area contributed by atoms with Crippen LogP contribution in [0.3, 0.4) is 0 Å². The van der Waals surface area contributed by atoms with E-state index in [1.54, 1.807) is 0 Å². The summed E-state index contributed by atoms with van der Waals surface area (Å²) in [6.07, 6.45) is 2.63. The summed E-state index contributed by atoms with van der Waals surface area (Å²) in [5.41, 5.74) is 7.21. The van der Waals surface area contributed by atoms with Crippen molar-refractivity contribution >= 4 is 38.2 Å². The molecule has 2 amide bonds. The van der Waals surface area contributed by atoms with Crippen molar-refractivity contribution in [2.24, 2.45) is 11.7 Å². The van der Waals surface area contributed by atoms with E-state index in [9.17, 15) is 18.0 Å². The summed E-state index contributed by atoms with van der Waals surface area (Å²) in [7, 11) is -0.671. The molecule has 1 heterocycles. The van der Waals surface area contributed by atoms with E-state index in [0.717, 1.165) is 34.0 Å². The van der Waals surface area contributed by atoms with Crippen LogP contribution in [0.2, 0.25) is 0 Å². The van der Waals surface area contributed by atoms with Crippen LogP contribution in [0, 0.1) is 5.92 Å². The average molecular weight is 422 g/mol. The molecular weight excluding hydrogens is 398 g/mol. The molecule has 1 unspecified atom stereocenters. The predicted octanol–water partition coefficient (Wildman–Crippen LogP) is 2.47. The standard InChI is InChI=1S/C19H23N3O4S2/c1-11-4-9-14-15(10-11)27-19(16(14)17(20)23)21-18(24)12-5-7-13(8-6-12)28(25,26)22(2)3/h5-8,11H,4,9-10H2,1-3H3,(H2,20,23)(H,21,24). The average Bonchev–Trinajstić information content (AvgIpc) is 2.98. The summed E-state index contributed by atoms with van der Waals surface area (Å²) >= 11 is 1.39. The molecule has 0 aliphatic heterocycles. The second-order valence-corrected chi connectivity index (χ2v) is 10.4. The van der Waals surface area contributed by atoms with Crippen LogP contribution in [0.4, 0.5) is 5.00 Å². The summed E-state index contributed by atoms with van der Waals surface area (Å²) in [4.78, 5) is 25.8. The Morgan fingerprint density at radius 3 is 2.43 bits per heavy atom. The second kappa shape index (κ2) is 7.65. The van der Waals surface area contributed by atoms with E-state index in [2.05, 4.69) is 12.2 Å². The first-order valence-corrected chi connectivity index (χ1v) is 11.1. The highest BCUT2D eigenvalue weighted by Gasteiger charge is 2.27. The molecule has 0 radical (unpaired) electrons. The van der Waals surface area contributed by atoms with Crippen LogP contribution in [-0.2, 0) is 22.9 Å². The van der Waals surface area contributed by atoms with Gasteiger partial charge in [0, 0.05) is 24.5 Å². The molecular formula is C19H23N3O4S2. The van der Waals surface area contributed by atoms with Crippen molar-refractivity contribution < 1.29 is 18.0 Å². The highest BCUT2D eigenvalue weighted by atomic mass is 32.2. The lowest BCUT2D eigenvalue weighted by Gasteiger charge is -2.18. The SMILES string of the molecule is CC1CCc2c(sc(NC(=O)c3ccc(S(=O)(=O)N(C)C)cc3)c2C(N)=O)C1. The number of hydrogen-bond donors (Lipinski definition) is 2. The van der Waals surface area contributed by atoms with Gasteiger partial charge in [-0.3, -0.25) is 9.59 Å². The Labute approximate surface area is 168 Å². The van der Waals surface area contributed by atoms with E-state index in [1.165, 1.54) is 49.7 Å². The van der Waals surface area contributed by atoms with E-state index >= 15 is 0 Å². The van der Waals surface area contributed by atoms with Gasteiger partial charge in [-0.2, -0.15) is 0 Å². The molecule has 1 atom stereocenters. The first-order valence-electron chi connectivity index (χ1n) is 8.89. The molecule has 2 aromatic rings. The van der Waals surface area contributed by atoms with Gasteiger partial charge in [-0.25, -0.2) is 12.7 Å². The number of amides is 2. The second-order valence-electron chi connectivity index (χ2n) is 7.19. The van der Waals surface area contributed by atoms with E-state index in [0.29, 0.717) is 22.0 Å². The number of sulfonamides is 1. The molecule has 9 heteroatoms. The number of carbonyl (C=O) groups excluding carboxylic acids is 2. The summed E-state index contributed by atoms with van der Waals surface area (Å²) < 4.78 is 25.4. The van der Waals surface area contributed by atoms with Crippen molar-refractivity contribution in [3.8, 4) is 0 Å². The topological polar surface area (TPSA) is 110 Å². The number of thiophene rings is 1. The lowest BCUT2D eigenvalue weighted by atomic mass is 9.88. The molecule has 0 saturated carbocycles. The van der Waals surface area contributed by atoms with Crippen LogP contribution in [-0.4, -0.2) is 38.6 Å². The predicted molar refractivity (Wildman–Crippen MR) is 109 cm³/mol. The van der Waals surface area contributed by atoms with Crippen LogP contribution < -0.4 is 11.1 Å². The van der Waals surface area contributed by atoms with Gasteiger partial charge in [0.2, 0.25) is 10.0 Å². The lowest BCUT2D eigenvalue weighted by molar-refractivity contribution is 0.1000. The zero-order valence-electron chi connectivity index (χ0n) is 16.0. The third-order valence-corrected chi connectivity index (χ3v) is 7.88. The molecule has 1 aromatic heterocycles. The van der Waals surface area contributed by atoms with Crippen molar-refractivity contribution in [1.82, 2.24) is 4.31 Å². The molecule has 1 aromatic carbocycles. The lowest BCUT2D eigenvalue weighted by Crippen LogP contribution is -2.22. The quantitative estimate of drug-likeness (QED) is 0.773. The molecule has 0 fully saturated rings. The number of fused-ring (bicyclic) bond motifs is 1. The number of hydrogen-bond acceptors (Lipinski definition) is 5. The maximum absolute atomic E-state index is 12.6. The minimum atomic E-state index is -3.56. The Balaban J connectivity index is 1.87. The van der Waals surface area contributed by atoms with E-state index in [4.69, 9.17) is 5.73 Å². The van der Waals surface area contributed by atoms with Gasteiger partial charge >= 0.3 is 0 Å². The number of rotatable bonds is 5. The molecule has 150 valence electrons. The van der Waals surface area contributed by atoms with Crippen LogP contribution in [0.1, 0.15) is 44.5 Å². The van der Waals surface area contributed by atoms with Crippen LogP contribution in [0.5, 0.6) is 0 Å². The van der Waals surface area contributed by atoms with Crippen LogP contribution in [0.15, 0.2) is 29.2 Å². The monoisotopic (exact) mass is 421 g/mol. The highest BCUT2D eigenvalue weighted by molar-refractivity contribution is 7.89. The Bertz CT molecular complexity index is 1020. The van der Waals surface area contributed by atoms with Gasteiger partial charge in [0.15, 0.2) is 0 Å². The molecule has 3 rings (SSSR count). The first kappa shape index (κ1) is 20.5. The zero-order chi connectivity index (χ0) is 20.6. The molecule has 1 aliphatic carbocycles. The minimum absolute atomic E-state index is 0.104. The number of benzene rings is 1. The summed E-state index contributed by atoms with van der Waals surface area (Å²) in [5, 5.41) is 3.24. The smallest absolute Gasteiger partial charge is 0.256 e. The highest BCUT2D eigenvalue weighted by Crippen LogP contribution is 2.39. The Hall–Kier alpha value is -2.23. The van der Waals surface area contributed by atoms with Gasteiger partial charge in [0.25, 0.3) is 11.8 Å². The van der Waals surface area contributed by atoms with Crippen LogP contribution in [0.25, 0.3) is 0 Å². The first-order chi connectivity index (χ1) is 13.1. The fraction of sp³-hybridized carbons (Fsp3) is 0.368. The van der Waals surface area contributed by atoms with Crippen molar-refractivity contribution in [2.45, 2.75) is 31.1 Å². The van der Waals surface area contributed by atoms with Crippen molar-refractivity contribution in [3.05, 3.63) is 45.8 Å². The molecule has 0 bridgehead atoms.